The molecule has 0 bridgehead atoms. The highest BCUT2D eigenvalue weighted by Gasteiger charge is 2.35. The number of hydrogen-bond donors (Lipinski definition) is 0. The van der Waals surface area contributed by atoms with E-state index >= 15 is 0 Å². The van der Waals surface area contributed by atoms with Gasteiger partial charge in [-0.2, -0.15) is 8.42 Å². The minimum atomic E-state index is -4.14. The Bertz CT molecular complexity index is 1050. The number of carbonyl (C=O) groups excluding carboxylic acids is 1. The summed E-state index contributed by atoms with van der Waals surface area (Å²) in [7, 11) is -0.186. The molecule has 1 aromatic carbocycles. The van der Waals surface area contributed by atoms with E-state index in [1.165, 1.54) is 3.97 Å². The summed E-state index contributed by atoms with van der Waals surface area (Å²) < 4.78 is 43.6. The lowest BCUT2D eigenvalue weighted by atomic mass is 9.95. The first kappa shape index (κ1) is 24.7. The molecule has 3 rings (SSSR count). The van der Waals surface area contributed by atoms with Gasteiger partial charge in [0.1, 0.15) is 6.10 Å². The third kappa shape index (κ3) is 5.89. The second-order valence-corrected chi connectivity index (χ2v) is 10.8. The standard InChI is InChI=1S/C23H34N2O6S/c1-17-6-7-21-20(14-17)18(8-11-24(4)5)15-25(21)32(27,28)30-16-23(2,3)22(26)31-19-9-12-29-13-10-19/h6-7,14-15,19H,8-13,16H2,1-5H3. The number of aryl methyl sites for hydroxylation is 1. The van der Waals surface area contributed by atoms with Crippen LogP contribution in [0.5, 0.6) is 0 Å². The van der Waals surface area contributed by atoms with Crippen LogP contribution in [-0.2, 0) is 35.2 Å². The lowest BCUT2D eigenvalue weighted by molar-refractivity contribution is -0.165. The number of nitrogens with zero attached hydrogens (tertiary/aromatic N) is 2. The molecule has 0 amide bonds. The van der Waals surface area contributed by atoms with Gasteiger partial charge in [0.05, 0.1) is 30.8 Å². The topological polar surface area (TPSA) is 87.1 Å². The Labute approximate surface area is 190 Å². The van der Waals surface area contributed by atoms with Gasteiger partial charge in [0.15, 0.2) is 0 Å². The van der Waals surface area contributed by atoms with Gasteiger partial charge >= 0.3 is 16.3 Å². The van der Waals surface area contributed by atoms with Crippen molar-refractivity contribution >= 4 is 27.2 Å². The molecule has 0 aliphatic carbocycles. The number of esters is 1. The summed E-state index contributed by atoms with van der Waals surface area (Å²) in [6.07, 6.45) is 3.41. The lowest BCUT2D eigenvalue weighted by Crippen LogP contribution is -2.37. The van der Waals surface area contributed by atoms with E-state index in [2.05, 4.69) is 4.90 Å². The smallest absolute Gasteiger partial charge is 0.366 e. The van der Waals surface area contributed by atoms with Gasteiger partial charge in [0.25, 0.3) is 0 Å². The van der Waals surface area contributed by atoms with Crippen LogP contribution in [0.4, 0.5) is 0 Å². The quantitative estimate of drug-likeness (QED) is 0.525. The number of likely N-dealkylation sites (N-methyl/N-ethyl adjacent to an activating group) is 1. The fourth-order valence-corrected chi connectivity index (χ4v) is 4.76. The predicted octanol–water partition coefficient (Wildman–Crippen LogP) is 2.91. The predicted molar refractivity (Wildman–Crippen MR) is 123 cm³/mol. The molecule has 1 saturated heterocycles. The van der Waals surface area contributed by atoms with Crippen LogP contribution in [0.25, 0.3) is 10.9 Å². The van der Waals surface area contributed by atoms with E-state index in [0.29, 0.717) is 38.0 Å². The lowest BCUT2D eigenvalue weighted by Gasteiger charge is -2.28. The third-order valence-electron chi connectivity index (χ3n) is 5.64. The number of hydrogen-bond acceptors (Lipinski definition) is 7. The van der Waals surface area contributed by atoms with Crippen LogP contribution < -0.4 is 0 Å². The zero-order valence-electron chi connectivity index (χ0n) is 19.6. The molecular weight excluding hydrogens is 432 g/mol. The van der Waals surface area contributed by atoms with Gasteiger partial charge in [-0.25, -0.2) is 3.97 Å². The first-order valence-corrected chi connectivity index (χ1v) is 12.3. The first-order valence-electron chi connectivity index (χ1n) is 10.9. The van der Waals surface area contributed by atoms with Gasteiger partial charge < -0.3 is 14.4 Å². The maximum Gasteiger partial charge on any atom is 0.366 e. The molecular formula is C23H34N2O6S. The zero-order valence-corrected chi connectivity index (χ0v) is 20.4. The van der Waals surface area contributed by atoms with E-state index < -0.39 is 21.7 Å². The van der Waals surface area contributed by atoms with Crippen LogP contribution in [0.15, 0.2) is 24.4 Å². The molecule has 0 unspecified atom stereocenters. The molecule has 1 aromatic heterocycles. The molecule has 1 aliphatic rings. The highest BCUT2D eigenvalue weighted by atomic mass is 32.2. The van der Waals surface area contributed by atoms with Crippen LogP contribution in [0.1, 0.15) is 37.8 Å². The fraction of sp³-hybridized carbons (Fsp3) is 0.609. The molecule has 1 aliphatic heterocycles. The highest BCUT2D eigenvalue weighted by molar-refractivity contribution is 7.85. The molecule has 0 radical (unpaired) electrons. The van der Waals surface area contributed by atoms with Gasteiger partial charge in [0, 0.05) is 31.0 Å². The van der Waals surface area contributed by atoms with Gasteiger partial charge in [-0.15, -0.1) is 0 Å². The number of fused-ring (bicyclic) bond motifs is 1. The van der Waals surface area contributed by atoms with Crippen molar-refractivity contribution in [2.75, 3.05) is 40.5 Å². The van der Waals surface area contributed by atoms with E-state index in [1.54, 1.807) is 26.1 Å². The second-order valence-electron chi connectivity index (χ2n) is 9.34. The molecule has 1 fully saturated rings. The summed E-state index contributed by atoms with van der Waals surface area (Å²) in [5.74, 6) is -0.473. The van der Waals surface area contributed by atoms with E-state index in [0.717, 1.165) is 23.1 Å². The molecule has 8 nitrogen and oxygen atoms in total. The van der Waals surface area contributed by atoms with Crippen LogP contribution in [0.2, 0.25) is 0 Å². The summed E-state index contributed by atoms with van der Waals surface area (Å²) in [5.41, 5.74) is 1.44. The number of rotatable bonds is 9. The Morgan fingerprint density at radius 3 is 2.59 bits per heavy atom. The van der Waals surface area contributed by atoms with Crippen molar-refractivity contribution in [3.63, 3.8) is 0 Å². The number of aromatic nitrogens is 1. The molecule has 0 N–H and O–H groups in total. The zero-order chi connectivity index (χ0) is 23.5. The Hall–Kier alpha value is -1.94. The molecule has 178 valence electrons. The maximum atomic E-state index is 13.1. The summed E-state index contributed by atoms with van der Waals surface area (Å²) >= 11 is 0. The van der Waals surface area contributed by atoms with E-state index in [4.69, 9.17) is 13.7 Å². The molecule has 9 heteroatoms. The SMILES string of the molecule is Cc1ccc2c(c1)c(CCN(C)C)cn2S(=O)(=O)OCC(C)(C)C(=O)OC1CCOCC1. The number of carbonyl (C=O) groups is 1. The fourth-order valence-electron chi connectivity index (χ4n) is 3.55. The highest BCUT2D eigenvalue weighted by Crippen LogP contribution is 2.27. The van der Waals surface area contributed by atoms with Gasteiger partial charge in [-0.3, -0.25) is 8.98 Å². The summed E-state index contributed by atoms with van der Waals surface area (Å²) in [6.45, 7) is 6.83. The van der Waals surface area contributed by atoms with Crippen molar-refractivity contribution in [2.24, 2.45) is 5.41 Å². The van der Waals surface area contributed by atoms with Gasteiger partial charge in [-0.1, -0.05) is 11.6 Å². The Kier molecular flexibility index (Phi) is 7.65. The van der Waals surface area contributed by atoms with E-state index in [9.17, 15) is 13.2 Å². The van der Waals surface area contributed by atoms with Crippen molar-refractivity contribution in [3.8, 4) is 0 Å². The van der Waals surface area contributed by atoms with Crippen molar-refractivity contribution in [3.05, 3.63) is 35.5 Å². The second kappa shape index (κ2) is 9.91. The van der Waals surface area contributed by atoms with Crippen molar-refractivity contribution < 1.29 is 26.9 Å². The van der Waals surface area contributed by atoms with Crippen molar-refractivity contribution in [1.29, 1.82) is 0 Å². The molecule has 0 spiro atoms. The Morgan fingerprint density at radius 1 is 1.25 bits per heavy atom. The van der Waals surface area contributed by atoms with E-state index in [-0.39, 0.29) is 12.7 Å². The van der Waals surface area contributed by atoms with Crippen LogP contribution in [0, 0.1) is 12.3 Å². The summed E-state index contributed by atoms with van der Waals surface area (Å²) in [4.78, 5) is 14.7. The molecule has 0 saturated carbocycles. The van der Waals surface area contributed by atoms with Crippen molar-refractivity contribution in [1.82, 2.24) is 8.87 Å². The van der Waals surface area contributed by atoms with Crippen LogP contribution in [-0.4, -0.2) is 69.8 Å². The summed E-state index contributed by atoms with van der Waals surface area (Å²) in [5, 5.41) is 0.886. The number of benzene rings is 1. The van der Waals surface area contributed by atoms with Crippen molar-refractivity contribution in [2.45, 2.75) is 46.1 Å². The first-order chi connectivity index (χ1) is 15.0. The average Bonchev–Trinajstić information content (AvgIpc) is 3.10. The van der Waals surface area contributed by atoms with Gasteiger partial charge in [0.2, 0.25) is 0 Å². The normalized spacial score (nSPS) is 16.1. The largest absolute Gasteiger partial charge is 0.462 e. The molecule has 2 aromatic rings. The Balaban J connectivity index is 1.77. The molecule has 32 heavy (non-hydrogen) atoms. The molecule has 0 atom stereocenters. The monoisotopic (exact) mass is 466 g/mol. The Morgan fingerprint density at radius 2 is 1.94 bits per heavy atom. The maximum absolute atomic E-state index is 13.1. The van der Waals surface area contributed by atoms with Crippen LogP contribution in [0.3, 0.4) is 0 Å². The summed E-state index contributed by atoms with van der Waals surface area (Å²) in [6, 6.07) is 5.65. The third-order valence-corrected chi connectivity index (χ3v) is 6.84. The van der Waals surface area contributed by atoms with Crippen LogP contribution >= 0.6 is 0 Å². The van der Waals surface area contributed by atoms with E-state index in [1.807, 2.05) is 33.2 Å². The van der Waals surface area contributed by atoms with Gasteiger partial charge in [-0.05, 0) is 59.0 Å². The molecule has 2 heterocycles. The minimum absolute atomic E-state index is 0.206. The average molecular weight is 467 g/mol. The minimum Gasteiger partial charge on any atom is -0.462 e. The number of ether oxygens (including phenoxy) is 2.